The normalized spacial score (nSPS) is 10.2. The minimum absolute atomic E-state index is 0.0553. The third-order valence-corrected chi connectivity index (χ3v) is 3.15. The molecule has 0 fully saturated rings. The number of nitrogens with one attached hydrogen (secondary N) is 1. The van der Waals surface area contributed by atoms with Crippen molar-refractivity contribution in [3.8, 4) is 0 Å². The Bertz CT molecular complexity index is 651. The lowest BCUT2D eigenvalue weighted by Gasteiger charge is -2.07. The standard InChI is InChI=1S/C12H11N3O3S/c1-6-14-10(5-19-6)11(16)15-9-3-2-7(13)4-8(9)12(17)18/h2-5H,13H2,1H3,(H,15,16)(H,17,18). The second-order valence-corrected chi connectivity index (χ2v) is 4.88. The number of carboxylic acid groups (broad SMARTS) is 1. The second-order valence-electron chi connectivity index (χ2n) is 3.82. The van der Waals surface area contributed by atoms with Crippen LogP contribution in [0.5, 0.6) is 0 Å². The Morgan fingerprint density at radius 2 is 2.16 bits per heavy atom. The number of hydrogen-bond acceptors (Lipinski definition) is 5. The van der Waals surface area contributed by atoms with Crippen molar-refractivity contribution in [2.75, 3.05) is 11.1 Å². The van der Waals surface area contributed by atoms with Gasteiger partial charge in [0.15, 0.2) is 0 Å². The van der Waals surface area contributed by atoms with Gasteiger partial charge in [-0.3, -0.25) is 4.79 Å². The number of carbonyl (C=O) groups excluding carboxylic acids is 1. The number of aromatic nitrogens is 1. The van der Waals surface area contributed by atoms with Crippen LogP contribution in [0.2, 0.25) is 0 Å². The van der Waals surface area contributed by atoms with Gasteiger partial charge >= 0.3 is 5.97 Å². The maximum atomic E-state index is 11.9. The van der Waals surface area contributed by atoms with E-state index in [1.807, 2.05) is 0 Å². The van der Waals surface area contributed by atoms with Crippen LogP contribution in [0.25, 0.3) is 0 Å². The molecule has 0 saturated heterocycles. The molecule has 0 radical (unpaired) electrons. The quantitative estimate of drug-likeness (QED) is 0.744. The number of amides is 1. The van der Waals surface area contributed by atoms with Crippen LogP contribution in [-0.2, 0) is 0 Å². The van der Waals surface area contributed by atoms with E-state index in [1.54, 1.807) is 12.3 Å². The number of carbonyl (C=O) groups is 2. The third kappa shape index (κ3) is 2.89. The van der Waals surface area contributed by atoms with Gasteiger partial charge in [0.1, 0.15) is 5.69 Å². The molecule has 0 bridgehead atoms. The van der Waals surface area contributed by atoms with Crippen LogP contribution >= 0.6 is 11.3 Å². The molecule has 2 rings (SSSR count). The van der Waals surface area contributed by atoms with Gasteiger partial charge in [0.05, 0.1) is 16.3 Å². The topological polar surface area (TPSA) is 105 Å². The summed E-state index contributed by atoms with van der Waals surface area (Å²) in [6.45, 7) is 1.79. The SMILES string of the molecule is Cc1nc(C(=O)Nc2ccc(N)cc2C(=O)O)cs1. The number of rotatable bonds is 3. The van der Waals surface area contributed by atoms with Gasteiger partial charge in [-0.15, -0.1) is 11.3 Å². The Labute approximate surface area is 112 Å². The highest BCUT2D eigenvalue weighted by Crippen LogP contribution is 2.20. The molecule has 19 heavy (non-hydrogen) atoms. The van der Waals surface area contributed by atoms with E-state index >= 15 is 0 Å². The first-order valence-corrected chi connectivity index (χ1v) is 6.21. The van der Waals surface area contributed by atoms with Crippen molar-refractivity contribution in [1.29, 1.82) is 0 Å². The van der Waals surface area contributed by atoms with E-state index in [0.29, 0.717) is 5.69 Å². The number of hydrogen-bond donors (Lipinski definition) is 3. The molecule has 1 amide bonds. The van der Waals surface area contributed by atoms with Gasteiger partial charge in [-0.1, -0.05) is 0 Å². The van der Waals surface area contributed by atoms with Crippen molar-refractivity contribution in [2.24, 2.45) is 0 Å². The van der Waals surface area contributed by atoms with E-state index in [-0.39, 0.29) is 16.9 Å². The minimum atomic E-state index is -1.16. The van der Waals surface area contributed by atoms with Gasteiger partial charge in [-0.2, -0.15) is 0 Å². The lowest BCUT2D eigenvalue weighted by molar-refractivity contribution is 0.0698. The first-order chi connectivity index (χ1) is 8.97. The van der Waals surface area contributed by atoms with E-state index in [0.717, 1.165) is 5.01 Å². The van der Waals surface area contributed by atoms with Gasteiger partial charge in [0.2, 0.25) is 0 Å². The summed E-state index contributed by atoms with van der Waals surface area (Å²) in [5.41, 5.74) is 6.24. The lowest BCUT2D eigenvalue weighted by Crippen LogP contribution is -2.15. The Morgan fingerprint density at radius 3 is 2.74 bits per heavy atom. The largest absolute Gasteiger partial charge is 0.478 e. The number of benzene rings is 1. The minimum Gasteiger partial charge on any atom is -0.478 e. The molecule has 0 atom stereocenters. The molecule has 4 N–H and O–H groups in total. The van der Waals surface area contributed by atoms with Gasteiger partial charge < -0.3 is 16.2 Å². The van der Waals surface area contributed by atoms with E-state index < -0.39 is 11.9 Å². The van der Waals surface area contributed by atoms with E-state index in [9.17, 15) is 9.59 Å². The molecule has 0 saturated carbocycles. The maximum absolute atomic E-state index is 11.9. The number of aromatic carboxylic acids is 1. The van der Waals surface area contributed by atoms with Gasteiger partial charge in [-0.25, -0.2) is 9.78 Å². The number of aryl methyl sites for hydroxylation is 1. The summed E-state index contributed by atoms with van der Waals surface area (Å²) in [6.07, 6.45) is 0. The summed E-state index contributed by atoms with van der Waals surface area (Å²) < 4.78 is 0. The molecule has 0 aliphatic carbocycles. The van der Waals surface area contributed by atoms with E-state index in [4.69, 9.17) is 10.8 Å². The summed E-state index contributed by atoms with van der Waals surface area (Å²) in [5.74, 6) is -1.60. The zero-order chi connectivity index (χ0) is 14.0. The van der Waals surface area contributed by atoms with Crippen molar-refractivity contribution in [3.63, 3.8) is 0 Å². The number of thiazole rings is 1. The molecule has 6 nitrogen and oxygen atoms in total. The highest BCUT2D eigenvalue weighted by atomic mass is 32.1. The predicted octanol–water partition coefficient (Wildman–Crippen LogP) is 1.98. The number of nitrogens with two attached hydrogens (primary N) is 1. The smallest absolute Gasteiger partial charge is 0.337 e. The molecule has 7 heteroatoms. The van der Waals surface area contributed by atoms with Crippen LogP contribution in [0.15, 0.2) is 23.6 Å². The van der Waals surface area contributed by atoms with Crippen LogP contribution < -0.4 is 11.1 Å². The molecule has 98 valence electrons. The zero-order valence-electron chi connectivity index (χ0n) is 10.0. The number of anilines is 2. The zero-order valence-corrected chi connectivity index (χ0v) is 10.8. The first kappa shape index (κ1) is 13.0. The van der Waals surface area contributed by atoms with E-state index in [2.05, 4.69) is 10.3 Å². The summed E-state index contributed by atoms with van der Waals surface area (Å²) in [6, 6.07) is 4.27. The Kier molecular flexibility index (Phi) is 3.48. The highest BCUT2D eigenvalue weighted by molar-refractivity contribution is 7.09. The van der Waals surface area contributed by atoms with Gasteiger partial charge in [-0.05, 0) is 25.1 Å². The average molecular weight is 277 g/mol. The Balaban J connectivity index is 2.28. The molecular formula is C12H11N3O3S. The second kappa shape index (κ2) is 5.07. The Hall–Kier alpha value is -2.41. The van der Waals surface area contributed by atoms with Crippen molar-refractivity contribution in [1.82, 2.24) is 4.98 Å². The number of nitrogen functional groups attached to an aromatic ring is 1. The molecule has 2 aromatic rings. The highest BCUT2D eigenvalue weighted by Gasteiger charge is 2.15. The van der Waals surface area contributed by atoms with Crippen LogP contribution in [0, 0.1) is 6.92 Å². The predicted molar refractivity (Wildman–Crippen MR) is 72.6 cm³/mol. The average Bonchev–Trinajstić information content (AvgIpc) is 2.78. The molecule has 0 aliphatic rings. The third-order valence-electron chi connectivity index (χ3n) is 2.37. The van der Waals surface area contributed by atoms with E-state index in [1.165, 1.54) is 29.5 Å². The van der Waals surface area contributed by atoms with Crippen LogP contribution in [0.4, 0.5) is 11.4 Å². The lowest BCUT2D eigenvalue weighted by atomic mass is 10.1. The fraction of sp³-hybridized carbons (Fsp3) is 0.0833. The van der Waals surface area contributed by atoms with Crippen LogP contribution in [-0.4, -0.2) is 22.0 Å². The van der Waals surface area contributed by atoms with Gasteiger partial charge in [0, 0.05) is 11.1 Å². The van der Waals surface area contributed by atoms with Crippen molar-refractivity contribution in [2.45, 2.75) is 6.92 Å². The maximum Gasteiger partial charge on any atom is 0.337 e. The Morgan fingerprint density at radius 1 is 1.42 bits per heavy atom. The molecule has 0 aliphatic heterocycles. The molecule has 0 spiro atoms. The fourth-order valence-electron chi connectivity index (χ4n) is 1.50. The van der Waals surface area contributed by atoms with Crippen molar-refractivity contribution in [3.05, 3.63) is 39.8 Å². The van der Waals surface area contributed by atoms with Gasteiger partial charge in [0.25, 0.3) is 5.91 Å². The van der Waals surface area contributed by atoms with Crippen molar-refractivity contribution < 1.29 is 14.7 Å². The summed E-state index contributed by atoms with van der Waals surface area (Å²) >= 11 is 1.35. The summed E-state index contributed by atoms with van der Waals surface area (Å²) in [7, 11) is 0. The molecule has 1 aromatic carbocycles. The monoisotopic (exact) mass is 277 g/mol. The molecule has 1 heterocycles. The first-order valence-electron chi connectivity index (χ1n) is 5.33. The summed E-state index contributed by atoms with van der Waals surface area (Å²) in [4.78, 5) is 27.0. The number of nitrogens with zero attached hydrogens (tertiary/aromatic N) is 1. The molecular weight excluding hydrogens is 266 g/mol. The molecule has 1 aromatic heterocycles. The number of carboxylic acids is 1. The summed E-state index contributed by atoms with van der Waals surface area (Å²) in [5, 5.41) is 14.0. The molecule has 0 unspecified atom stereocenters. The van der Waals surface area contributed by atoms with Crippen LogP contribution in [0.3, 0.4) is 0 Å². The van der Waals surface area contributed by atoms with Crippen molar-refractivity contribution >= 4 is 34.6 Å². The fourth-order valence-corrected chi connectivity index (χ4v) is 2.09. The van der Waals surface area contributed by atoms with Crippen LogP contribution in [0.1, 0.15) is 25.9 Å².